The second kappa shape index (κ2) is 8.39. The van der Waals surface area contributed by atoms with Gasteiger partial charge in [-0.1, -0.05) is 6.07 Å². The van der Waals surface area contributed by atoms with E-state index in [1.54, 1.807) is 18.7 Å². The van der Waals surface area contributed by atoms with Crippen LogP contribution in [0.1, 0.15) is 40.4 Å². The summed E-state index contributed by atoms with van der Waals surface area (Å²) >= 11 is 1.16. The first-order valence-corrected chi connectivity index (χ1v) is 12.1. The van der Waals surface area contributed by atoms with Gasteiger partial charge in [-0.25, -0.2) is 12.8 Å². The molecule has 11 heteroatoms. The number of halogens is 1. The molecular formula is C20H21FN4O4S2. The molecule has 1 aromatic carbocycles. The SMILES string of the molecule is Cc1ccc(NS(=O)(=O)c2cc(-c3nnc(C(=O)N4CCCCC4)o3)sc2C)cc1F. The number of aromatic nitrogens is 2. The number of carbonyl (C=O) groups excluding carboxylic acids is 1. The van der Waals surface area contributed by atoms with E-state index in [9.17, 15) is 17.6 Å². The Kier molecular flexibility index (Phi) is 5.80. The van der Waals surface area contributed by atoms with Crippen LogP contribution in [0.15, 0.2) is 33.6 Å². The van der Waals surface area contributed by atoms with Crippen molar-refractivity contribution in [1.82, 2.24) is 15.1 Å². The highest BCUT2D eigenvalue weighted by Crippen LogP contribution is 2.34. The molecule has 1 aliphatic rings. The Balaban J connectivity index is 1.56. The van der Waals surface area contributed by atoms with E-state index in [1.165, 1.54) is 18.2 Å². The molecule has 31 heavy (non-hydrogen) atoms. The first-order valence-electron chi connectivity index (χ1n) is 9.77. The van der Waals surface area contributed by atoms with E-state index in [2.05, 4.69) is 14.9 Å². The van der Waals surface area contributed by atoms with Gasteiger partial charge in [0.15, 0.2) is 0 Å². The molecule has 8 nitrogen and oxygen atoms in total. The predicted octanol–water partition coefficient (Wildman–Crippen LogP) is 3.98. The number of amides is 1. The summed E-state index contributed by atoms with van der Waals surface area (Å²) in [5.41, 5.74) is 0.547. The fraction of sp³-hybridized carbons (Fsp3) is 0.350. The Hall–Kier alpha value is -2.79. The third-order valence-corrected chi connectivity index (χ3v) is 7.72. The average Bonchev–Trinajstić information content (AvgIpc) is 3.38. The molecule has 0 spiro atoms. The molecule has 1 saturated heterocycles. The molecule has 164 valence electrons. The zero-order valence-electron chi connectivity index (χ0n) is 17.0. The van der Waals surface area contributed by atoms with Gasteiger partial charge in [-0.15, -0.1) is 21.5 Å². The molecule has 3 aromatic rings. The molecule has 4 rings (SSSR count). The van der Waals surface area contributed by atoms with Gasteiger partial charge in [0.05, 0.1) is 10.6 Å². The summed E-state index contributed by atoms with van der Waals surface area (Å²) in [6, 6.07) is 5.54. The molecule has 0 radical (unpaired) electrons. The van der Waals surface area contributed by atoms with Crippen molar-refractivity contribution in [2.45, 2.75) is 38.0 Å². The van der Waals surface area contributed by atoms with Gasteiger partial charge < -0.3 is 9.32 Å². The van der Waals surface area contributed by atoms with Crippen molar-refractivity contribution in [3.8, 4) is 10.8 Å². The summed E-state index contributed by atoms with van der Waals surface area (Å²) in [5.74, 6) is -0.848. The summed E-state index contributed by atoms with van der Waals surface area (Å²) in [4.78, 5) is 15.2. The fourth-order valence-corrected chi connectivity index (χ4v) is 5.91. The van der Waals surface area contributed by atoms with E-state index in [4.69, 9.17) is 4.42 Å². The van der Waals surface area contributed by atoms with Gasteiger partial charge in [0, 0.05) is 18.0 Å². The number of rotatable bonds is 5. The zero-order valence-corrected chi connectivity index (χ0v) is 18.6. The summed E-state index contributed by atoms with van der Waals surface area (Å²) in [6.45, 7) is 4.55. The minimum absolute atomic E-state index is 0.0237. The Morgan fingerprint density at radius 3 is 2.61 bits per heavy atom. The molecule has 0 saturated carbocycles. The molecule has 3 heterocycles. The van der Waals surface area contributed by atoms with Crippen LogP contribution in [0, 0.1) is 19.7 Å². The van der Waals surface area contributed by atoms with Gasteiger partial charge in [0.25, 0.3) is 15.9 Å². The van der Waals surface area contributed by atoms with Crippen molar-refractivity contribution in [2.75, 3.05) is 17.8 Å². The lowest BCUT2D eigenvalue weighted by Crippen LogP contribution is -2.35. The molecule has 0 atom stereocenters. The predicted molar refractivity (Wildman–Crippen MR) is 114 cm³/mol. The van der Waals surface area contributed by atoms with E-state index >= 15 is 0 Å². The lowest BCUT2D eigenvalue weighted by atomic mass is 10.1. The third kappa shape index (κ3) is 4.47. The standard InChI is InChI=1S/C20H21FN4O4S2/c1-12-6-7-14(10-15(12)21)24-31(27,28)17-11-16(30-13(17)2)18-22-23-19(29-18)20(26)25-8-4-3-5-9-25/h6-7,10-11,24H,3-5,8-9H2,1-2H3. The first kappa shape index (κ1) is 21.4. The first-order chi connectivity index (χ1) is 14.7. The van der Waals surface area contributed by atoms with E-state index < -0.39 is 15.8 Å². The van der Waals surface area contributed by atoms with Crippen LogP contribution >= 0.6 is 11.3 Å². The highest BCUT2D eigenvalue weighted by Gasteiger charge is 2.26. The molecule has 0 aliphatic carbocycles. The van der Waals surface area contributed by atoms with Crippen LogP contribution in [0.5, 0.6) is 0 Å². The van der Waals surface area contributed by atoms with Gasteiger partial charge in [-0.3, -0.25) is 9.52 Å². The highest BCUT2D eigenvalue weighted by molar-refractivity contribution is 7.93. The number of hydrogen-bond donors (Lipinski definition) is 1. The largest absolute Gasteiger partial charge is 0.411 e. The number of aryl methyl sites for hydroxylation is 2. The number of thiophene rings is 1. The number of sulfonamides is 1. The molecule has 2 aromatic heterocycles. The third-order valence-electron chi connectivity index (χ3n) is 5.05. The van der Waals surface area contributed by atoms with Gasteiger partial charge >= 0.3 is 11.8 Å². The van der Waals surface area contributed by atoms with Crippen LogP contribution in [0.4, 0.5) is 10.1 Å². The number of nitrogens with zero attached hydrogens (tertiary/aromatic N) is 3. The molecule has 1 aliphatic heterocycles. The lowest BCUT2D eigenvalue weighted by Gasteiger charge is -2.24. The number of benzene rings is 1. The Bertz CT molecular complexity index is 1230. The van der Waals surface area contributed by atoms with E-state index in [0.717, 1.165) is 36.7 Å². The monoisotopic (exact) mass is 464 g/mol. The minimum Gasteiger partial charge on any atom is -0.411 e. The second-order valence-electron chi connectivity index (χ2n) is 7.37. The van der Waals surface area contributed by atoms with E-state index in [1.807, 2.05) is 0 Å². The van der Waals surface area contributed by atoms with E-state index in [-0.39, 0.29) is 28.3 Å². The second-order valence-corrected chi connectivity index (χ2v) is 10.3. The van der Waals surface area contributed by atoms with Crippen LogP contribution in [0.25, 0.3) is 10.8 Å². The van der Waals surface area contributed by atoms with E-state index in [0.29, 0.717) is 28.4 Å². The summed E-state index contributed by atoms with van der Waals surface area (Å²) in [7, 11) is -3.96. The normalized spacial score (nSPS) is 14.6. The molecule has 1 fully saturated rings. The maximum absolute atomic E-state index is 13.8. The summed E-state index contributed by atoms with van der Waals surface area (Å²) in [5, 5.41) is 7.77. The molecule has 0 bridgehead atoms. The van der Waals surface area contributed by atoms with Crippen molar-refractivity contribution in [3.63, 3.8) is 0 Å². The Morgan fingerprint density at radius 2 is 1.90 bits per heavy atom. The van der Waals surface area contributed by atoms with Crippen molar-refractivity contribution < 1.29 is 22.0 Å². The summed E-state index contributed by atoms with van der Waals surface area (Å²) in [6.07, 6.45) is 2.97. The minimum atomic E-state index is -3.96. The fourth-order valence-electron chi connectivity index (χ4n) is 3.35. The highest BCUT2D eigenvalue weighted by atomic mass is 32.2. The quantitative estimate of drug-likeness (QED) is 0.612. The van der Waals surface area contributed by atoms with Gasteiger partial charge in [0.1, 0.15) is 10.7 Å². The van der Waals surface area contributed by atoms with Gasteiger partial charge in [0.2, 0.25) is 0 Å². The van der Waals surface area contributed by atoms with Crippen LogP contribution < -0.4 is 4.72 Å². The average molecular weight is 465 g/mol. The number of carbonyl (C=O) groups is 1. The topological polar surface area (TPSA) is 105 Å². The maximum atomic E-state index is 13.8. The van der Waals surface area contributed by atoms with Crippen molar-refractivity contribution in [3.05, 3.63) is 46.4 Å². The smallest absolute Gasteiger partial charge is 0.311 e. The van der Waals surface area contributed by atoms with Gasteiger partial charge in [-0.05, 0) is 56.9 Å². The summed E-state index contributed by atoms with van der Waals surface area (Å²) < 4.78 is 47.4. The van der Waals surface area contributed by atoms with Crippen molar-refractivity contribution >= 4 is 33.0 Å². The Morgan fingerprint density at radius 1 is 1.16 bits per heavy atom. The number of anilines is 1. The number of nitrogens with one attached hydrogen (secondary N) is 1. The van der Waals surface area contributed by atoms with Crippen molar-refractivity contribution in [2.24, 2.45) is 0 Å². The Labute approximate surface area is 183 Å². The molecule has 1 amide bonds. The van der Waals surface area contributed by atoms with Crippen LogP contribution in [-0.4, -0.2) is 42.5 Å². The van der Waals surface area contributed by atoms with Crippen LogP contribution in [0.3, 0.4) is 0 Å². The zero-order chi connectivity index (χ0) is 22.2. The van der Waals surface area contributed by atoms with Crippen LogP contribution in [-0.2, 0) is 10.0 Å². The maximum Gasteiger partial charge on any atom is 0.311 e. The number of likely N-dealkylation sites (tertiary alicyclic amines) is 1. The van der Waals surface area contributed by atoms with Crippen molar-refractivity contribution in [1.29, 1.82) is 0 Å². The number of hydrogen-bond acceptors (Lipinski definition) is 7. The van der Waals surface area contributed by atoms with Gasteiger partial charge in [-0.2, -0.15) is 0 Å². The van der Waals surface area contributed by atoms with Crippen LogP contribution in [0.2, 0.25) is 0 Å². The molecule has 0 unspecified atom stereocenters. The molecule has 1 N–H and O–H groups in total. The number of piperidine rings is 1. The molecular weight excluding hydrogens is 443 g/mol. The lowest BCUT2D eigenvalue weighted by molar-refractivity contribution is 0.0684.